The van der Waals surface area contributed by atoms with Crippen LogP contribution in [0.3, 0.4) is 0 Å². The van der Waals surface area contributed by atoms with Crippen molar-refractivity contribution >= 4 is 17.3 Å². The van der Waals surface area contributed by atoms with E-state index in [0.717, 1.165) is 43.1 Å². The third-order valence-corrected chi connectivity index (χ3v) is 3.59. The number of anilines is 2. The Labute approximate surface area is 107 Å². The average molecular weight is 246 g/mol. The topological polar surface area (TPSA) is 61.6 Å². The number of nitrogen functional groups attached to an aromatic ring is 1. The van der Waals surface area contributed by atoms with Gasteiger partial charge in [-0.1, -0.05) is 0 Å². The highest BCUT2D eigenvalue weighted by atomic mass is 16.2. The van der Waals surface area contributed by atoms with Gasteiger partial charge in [-0.15, -0.1) is 0 Å². The Balaban J connectivity index is 1.78. The lowest BCUT2D eigenvalue weighted by Crippen LogP contribution is -2.49. The zero-order valence-electron chi connectivity index (χ0n) is 10.4. The lowest BCUT2D eigenvalue weighted by atomic mass is 10.1. The number of carbonyl (C=O) groups is 1. The first kappa shape index (κ1) is 11.5. The van der Waals surface area contributed by atoms with Gasteiger partial charge >= 0.3 is 0 Å². The van der Waals surface area contributed by atoms with Crippen molar-refractivity contribution in [3.05, 3.63) is 23.8 Å². The third kappa shape index (κ3) is 2.07. The number of hydrogen-bond acceptors (Lipinski definition) is 4. The van der Waals surface area contributed by atoms with E-state index in [1.54, 1.807) is 0 Å². The Morgan fingerprint density at radius 3 is 2.83 bits per heavy atom. The smallest absolute Gasteiger partial charge is 0.232 e. The Kier molecular flexibility index (Phi) is 2.93. The number of rotatable bonds is 2. The zero-order valence-corrected chi connectivity index (χ0v) is 10.4. The first-order valence-corrected chi connectivity index (χ1v) is 6.36. The second-order valence-electron chi connectivity index (χ2n) is 4.90. The van der Waals surface area contributed by atoms with Gasteiger partial charge in [0.15, 0.2) is 0 Å². The maximum absolute atomic E-state index is 12.1. The van der Waals surface area contributed by atoms with Crippen molar-refractivity contribution in [3.63, 3.8) is 0 Å². The Morgan fingerprint density at radius 1 is 1.28 bits per heavy atom. The number of fused-ring (bicyclic) bond motifs is 1. The maximum atomic E-state index is 12.1. The quantitative estimate of drug-likeness (QED) is 0.722. The van der Waals surface area contributed by atoms with Crippen molar-refractivity contribution in [2.24, 2.45) is 0 Å². The van der Waals surface area contributed by atoms with E-state index >= 15 is 0 Å². The fourth-order valence-corrected chi connectivity index (χ4v) is 2.61. The molecule has 1 saturated heterocycles. The Bertz CT molecular complexity index is 468. The van der Waals surface area contributed by atoms with Gasteiger partial charge in [0.05, 0.1) is 13.1 Å². The van der Waals surface area contributed by atoms with Crippen LogP contribution in [0.25, 0.3) is 0 Å². The molecule has 5 nitrogen and oxygen atoms in total. The molecule has 0 spiro atoms. The second-order valence-corrected chi connectivity index (χ2v) is 4.90. The number of benzene rings is 1. The molecule has 0 bridgehead atoms. The predicted octanol–water partition coefficient (Wildman–Crippen LogP) is 0.0206. The van der Waals surface area contributed by atoms with Crippen molar-refractivity contribution < 1.29 is 4.79 Å². The summed E-state index contributed by atoms with van der Waals surface area (Å²) in [4.78, 5) is 16.2. The van der Waals surface area contributed by atoms with Crippen molar-refractivity contribution in [2.45, 2.75) is 6.42 Å². The third-order valence-electron chi connectivity index (χ3n) is 3.59. The summed E-state index contributed by atoms with van der Waals surface area (Å²) < 4.78 is 0. The SMILES string of the molecule is Nc1ccc2c(c1)CC(=O)N2CN1CCNCC1. The van der Waals surface area contributed by atoms with E-state index in [9.17, 15) is 4.79 Å². The fraction of sp³-hybridized carbons (Fsp3) is 0.462. The molecule has 1 aromatic rings. The molecule has 0 atom stereocenters. The van der Waals surface area contributed by atoms with Gasteiger partial charge < -0.3 is 11.1 Å². The van der Waals surface area contributed by atoms with Crippen LogP contribution in [0.15, 0.2) is 18.2 Å². The molecule has 3 N–H and O–H groups in total. The van der Waals surface area contributed by atoms with Crippen LogP contribution in [-0.2, 0) is 11.2 Å². The molecular weight excluding hydrogens is 228 g/mol. The van der Waals surface area contributed by atoms with Crippen molar-refractivity contribution in [1.82, 2.24) is 10.2 Å². The molecule has 1 fully saturated rings. The normalized spacial score (nSPS) is 20.2. The van der Waals surface area contributed by atoms with Gasteiger partial charge in [-0.25, -0.2) is 0 Å². The highest BCUT2D eigenvalue weighted by Gasteiger charge is 2.28. The van der Waals surface area contributed by atoms with Gasteiger partial charge in [-0.3, -0.25) is 14.6 Å². The number of piperazine rings is 1. The van der Waals surface area contributed by atoms with Crippen LogP contribution < -0.4 is 16.0 Å². The van der Waals surface area contributed by atoms with Gasteiger partial charge in [0.1, 0.15) is 0 Å². The molecule has 0 aromatic heterocycles. The number of carbonyl (C=O) groups excluding carboxylic acids is 1. The van der Waals surface area contributed by atoms with E-state index in [4.69, 9.17) is 5.73 Å². The summed E-state index contributed by atoms with van der Waals surface area (Å²) in [6, 6.07) is 5.73. The van der Waals surface area contributed by atoms with Crippen LogP contribution in [0.1, 0.15) is 5.56 Å². The van der Waals surface area contributed by atoms with E-state index in [1.807, 2.05) is 23.1 Å². The molecule has 0 unspecified atom stereocenters. The molecule has 1 amide bonds. The van der Waals surface area contributed by atoms with E-state index < -0.39 is 0 Å². The van der Waals surface area contributed by atoms with Crippen molar-refractivity contribution in [2.75, 3.05) is 43.5 Å². The number of amides is 1. The predicted molar refractivity (Wildman–Crippen MR) is 71.4 cm³/mol. The summed E-state index contributed by atoms with van der Waals surface area (Å²) in [5.74, 6) is 0.175. The van der Waals surface area contributed by atoms with Crippen molar-refractivity contribution in [1.29, 1.82) is 0 Å². The lowest BCUT2D eigenvalue weighted by Gasteiger charge is -2.31. The molecule has 0 saturated carbocycles. The summed E-state index contributed by atoms with van der Waals surface area (Å²) in [6.07, 6.45) is 0.479. The monoisotopic (exact) mass is 246 g/mol. The fourth-order valence-electron chi connectivity index (χ4n) is 2.61. The van der Waals surface area contributed by atoms with Crippen molar-refractivity contribution in [3.8, 4) is 0 Å². The zero-order chi connectivity index (χ0) is 12.5. The Morgan fingerprint density at radius 2 is 2.06 bits per heavy atom. The summed E-state index contributed by atoms with van der Waals surface area (Å²) in [5.41, 5.74) is 8.56. The largest absolute Gasteiger partial charge is 0.399 e. The molecule has 2 aliphatic rings. The van der Waals surface area contributed by atoms with Crippen LogP contribution >= 0.6 is 0 Å². The molecule has 3 rings (SSSR count). The number of hydrogen-bond donors (Lipinski definition) is 2. The number of nitrogens with two attached hydrogens (primary N) is 1. The molecule has 2 heterocycles. The summed E-state index contributed by atoms with van der Waals surface area (Å²) in [6.45, 7) is 4.67. The van der Waals surface area contributed by atoms with Crippen LogP contribution in [0.2, 0.25) is 0 Å². The van der Waals surface area contributed by atoms with Gasteiger partial charge in [0, 0.05) is 37.6 Å². The minimum atomic E-state index is 0.175. The molecule has 5 heteroatoms. The van der Waals surface area contributed by atoms with E-state index in [1.165, 1.54) is 0 Å². The maximum Gasteiger partial charge on any atom is 0.232 e. The highest BCUT2D eigenvalue weighted by Crippen LogP contribution is 2.30. The molecule has 96 valence electrons. The summed E-state index contributed by atoms with van der Waals surface area (Å²) >= 11 is 0. The minimum Gasteiger partial charge on any atom is -0.399 e. The van der Waals surface area contributed by atoms with Gasteiger partial charge in [-0.2, -0.15) is 0 Å². The van der Waals surface area contributed by atoms with Crippen LogP contribution in [0.4, 0.5) is 11.4 Å². The Hall–Kier alpha value is -1.59. The molecule has 18 heavy (non-hydrogen) atoms. The first-order chi connectivity index (χ1) is 8.74. The van der Waals surface area contributed by atoms with Crippen LogP contribution in [0, 0.1) is 0 Å². The summed E-state index contributed by atoms with van der Waals surface area (Å²) in [7, 11) is 0. The van der Waals surface area contributed by atoms with Gasteiger partial charge in [-0.05, 0) is 23.8 Å². The van der Waals surface area contributed by atoms with E-state index in [0.29, 0.717) is 13.1 Å². The number of nitrogens with one attached hydrogen (secondary N) is 1. The highest BCUT2D eigenvalue weighted by molar-refractivity contribution is 6.01. The molecule has 1 aromatic carbocycles. The van der Waals surface area contributed by atoms with Gasteiger partial charge in [0.2, 0.25) is 5.91 Å². The molecule has 2 aliphatic heterocycles. The van der Waals surface area contributed by atoms with Crippen LogP contribution in [-0.4, -0.2) is 43.7 Å². The minimum absolute atomic E-state index is 0.175. The molecule has 0 aliphatic carbocycles. The average Bonchev–Trinajstić information content (AvgIpc) is 2.66. The standard InChI is InChI=1S/C13H18N4O/c14-11-1-2-12-10(7-11)8-13(18)17(12)9-16-5-3-15-4-6-16/h1-2,7,15H,3-6,8-9,14H2. The molecule has 0 radical (unpaired) electrons. The van der Waals surface area contributed by atoms with Gasteiger partial charge in [0.25, 0.3) is 0 Å². The molecular formula is C13H18N4O. The second kappa shape index (κ2) is 4.59. The van der Waals surface area contributed by atoms with Crippen LogP contribution in [0.5, 0.6) is 0 Å². The first-order valence-electron chi connectivity index (χ1n) is 6.36. The van der Waals surface area contributed by atoms with E-state index in [2.05, 4.69) is 10.2 Å². The lowest BCUT2D eigenvalue weighted by molar-refractivity contribution is -0.117. The number of nitrogens with zero attached hydrogens (tertiary/aromatic N) is 2. The summed E-state index contributed by atoms with van der Waals surface area (Å²) in [5, 5.41) is 3.32. The van der Waals surface area contributed by atoms with E-state index in [-0.39, 0.29) is 5.91 Å².